The third-order valence-electron chi connectivity index (χ3n) is 5.51. The third kappa shape index (κ3) is 3.66. The molecule has 2 aliphatic heterocycles. The van der Waals surface area contributed by atoms with Crippen molar-refractivity contribution in [2.24, 2.45) is 0 Å². The van der Waals surface area contributed by atoms with Crippen molar-refractivity contribution < 1.29 is 14.6 Å². The largest absolute Gasteiger partial charge is 0.488 e. The number of carboxylic acid groups (broad SMARTS) is 1. The number of likely N-dealkylation sites (tertiary alicyclic amines) is 1. The molecule has 4 nitrogen and oxygen atoms in total. The number of nitrogens with zero attached hydrogens (tertiary/aromatic N) is 1. The summed E-state index contributed by atoms with van der Waals surface area (Å²) in [4.78, 5) is 15.0. The Bertz CT molecular complexity index is 887. The van der Waals surface area contributed by atoms with Crippen LogP contribution in [0.2, 0.25) is 0 Å². The zero-order valence-corrected chi connectivity index (χ0v) is 16.6. The van der Waals surface area contributed by atoms with Gasteiger partial charge in [0.05, 0.1) is 6.42 Å². The molecule has 1 N–H and O–H groups in total. The number of rotatable bonds is 3. The van der Waals surface area contributed by atoms with Crippen molar-refractivity contribution in [2.45, 2.75) is 45.8 Å². The summed E-state index contributed by atoms with van der Waals surface area (Å²) in [7, 11) is 0. The predicted molar refractivity (Wildman–Crippen MR) is 108 cm³/mol. The molecule has 0 aliphatic carbocycles. The average Bonchev–Trinajstić information content (AvgIpc) is 3.04. The van der Waals surface area contributed by atoms with Crippen LogP contribution in [0.25, 0.3) is 5.57 Å². The SMILES string of the molecule is CC(C)N1CCC(=C2c3cc(CC(=O)O)ccc3OCc3ccsc32)CC1. The Labute approximate surface area is 164 Å². The molecular weight excluding hydrogens is 358 g/mol. The fourth-order valence-corrected chi connectivity index (χ4v) is 5.06. The van der Waals surface area contributed by atoms with Gasteiger partial charge >= 0.3 is 5.97 Å². The Morgan fingerprint density at radius 3 is 2.74 bits per heavy atom. The van der Waals surface area contributed by atoms with Gasteiger partial charge in [0.1, 0.15) is 12.4 Å². The number of ether oxygens (including phenoxy) is 1. The van der Waals surface area contributed by atoms with E-state index in [2.05, 4.69) is 30.2 Å². The Balaban J connectivity index is 1.81. The molecule has 2 aromatic rings. The molecule has 0 atom stereocenters. The van der Waals surface area contributed by atoms with E-state index in [4.69, 9.17) is 4.74 Å². The van der Waals surface area contributed by atoms with E-state index in [1.807, 2.05) is 18.2 Å². The van der Waals surface area contributed by atoms with Crippen molar-refractivity contribution in [3.63, 3.8) is 0 Å². The summed E-state index contributed by atoms with van der Waals surface area (Å²) in [5.41, 5.74) is 5.85. The van der Waals surface area contributed by atoms with Gasteiger partial charge in [0.2, 0.25) is 0 Å². The summed E-state index contributed by atoms with van der Waals surface area (Å²) in [6, 6.07) is 8.55. The van der Waals surface area contributed by atoms with Crippen molar-refractivity contribution in [1.29, 1.82) is 0 Å². The van der Waals surface area contributed by atoms with Crippen LogP contribution in [0.1, 0.15) is 48.3 Å². The normalized spacial score (nSPS) is 17.3. The van der Waals surface area contributed by atoms with Gasteiger partial charge in [-0.3, -0.25) is 4.79 Å². The van der Waals surface area contributed by atoms with Crippen LogP contribution in [0.15, 0.2) is 35.2 Å². The van der Waals surface area contributed by atoms with E-state index in [0.29, 0.717) is 12.6 Å². The molecule has 0 spiro atoms. The molecule has 27 heavy (non-hydrogen) atoms. The first-order valence-electron chi connectivity index (χ1n) is 9.53. The lowest BCUT2D eigenvalue weighted by Gasteiger charge is -2.32. The minimum Gasteiger partial charge on any atom is -0.488 e. The van der Waals surface area contributed by atoms with Crippen LogP contribution in [0.5, 0.6) is 5.75 Å². The number of carbonyl (C=O) groups is 1. The molecule has 1 aromatic carbocycles. The van der Waals surface area contributed by atoms with Gasteiger partial charge in [-0.15, -0.1) is 11.3 Å². The maximum atomic E-state index is 11.2. The molecule has 0 saturated carbocycles. The zero-order chi connectivity index (χ0) is 19.0. The van der Waals surface area contributed by atoms with Crippen molar-refractivity contribution in [3.05, 3.63) is 56.8 Å². The molecular formula is C22H25NO3S. The highest BCUT2D eigenvalue weighted by Crippen LogP contribution is 2.43. The number of benzene rings is 1. The molecule has 4 rings (SSSR count). The predicted octanol–water partition coefficient (Wildman–Crippen LogP) is 4.57. The van der Waals surface area contributed by atoms with Gasteiger partial charge in [-0.2, -0.15) is 0 Å². The third-order valence-corrected chi connectivity index (χ3v) is 6.49. The number of fused-ring (bicyclic) bond motifs is 2. The van der Waals surface area contributed by atoms with Gasteiger partial charge in [-0.05, 0) is 55.8 Å². The summed E-state index contributed by atoms with van der Waals surface area (Å²) in [6.07, 6.45) is 2.13. The highest BCUT2D eigenvalue weighted by molar-refractivity contribution is 7.11. The Morgan fingerprint density at radius 1 is 1.26 bits per heavy atom. The molecule has 5 heteroatoms. The van der Waals surface area contributed by atoms with Gasteiger partial charge < -0.3 is 14.7 Å². The standard InChI is InChI=1S/C22H25NO3S/c1-14(2)23-8-5-16(6-9-23)21-18-11-15(12-20(24)25)3-4-19(18)26-13-17-7-10-27-22(17)21/h3-4,7,10-11,14H,5-6,8-9,12-13H2,1-2H3,(H,24,25). The average molecular weight is 384 g/mol. The number of carboxylic acids is 1. The Hall–Kier alpha value is -2.11. The van der Waals surface area contributed by atoms with Crippen molar-refractivity contribution in [2.75, 3.05) is 13.1 Å². The van der Waals surface area contributed by atoms with E-state index >= 15 is 0 Å². The number of thiophene rings is 1. The summed E-state index contributed by atoms with van der Waals surface area (Å²) < 4.78 is 6.09. The molecule has 2 aliphatic rings. The first kappa shape index (κ1) is 18.3. The Kier molecular flexibility index (Phi) is 5.06. The molecule has 3 heterocycles. The van der Waals surface area contributed by atoms with Crippen LogP contribution in [0.3, 0.4) is 0 Å². The van der Waals surface area contributed by atoms with E-state index in [1.54, 1.807) is 11.3 Å². The lowest BCUT2D eigenvalue weighted by atomic mass is 9.89. The lowest BCUT2D eigenvalue weighted by molar-refractivity contribution is -0.136. The molecule has 0 bridgehead atoms. The lowest BCUT2D eigenvalue weighted by Crippen LogP contribution is -2.36. The molecule has 1 fully saturated rings. The molecule has 1 saturated heterocycles. The second-order valence-electron chi connectivity index (χ2n) is 7.57. The minimum atomic E-state index is -0.805. The Morgan fingerprint density at radius 2 is 2.04 bits per heavy atom. The minimum absolute atomic E-state index is 0.0360. The maximum absolute atomic E-state index is 11.2. The molecule has 0 unspecified atom stereocenters. The summed E-state index contributed by atoms with van der Waals surface area (Å²) >= 11 is 1.76. The van der Waals surface area contributed by atoms with Crippen LogP contribution in [-0.2, 0) is 17.8 Å². The van der Waals surface area contributed by atoms with Gasteiger partial charge in [0.25, 0.3) is 0 Å². The quantitative estimate of drug-likeness (QED) is 0.843. The number of piperidine rings is 1. The van der Waals surface area contributed by atoms with E-state index < -0.39 is 5.97 Å². The smallest absolute Gasteiger partial charge is 0.307 e. The molecule has 142 valence electrons. The molecule has 0 radical (unpaired) electrons. The molecule has 1 aromatic heterocycles. The monoisotopic (exact) mass is 383 g/mol. The van der Waals surface area contributed by atoms with Crippen molar-refractivity contribution >= 4 is 22.9 Å². The summed E-state index contributed by atoms with van der Waals surface area (Å²) in [5.74, 6) is 0.0575. The fraction of sp³-hybridized carbons (Fsp3) is 0.409. The first-order valence-corrected chi connectivity index (χ1v) is 10.4. The summed E-state index contributed by atoms with van der Waals surface area (Å²) in [6.45, 7) is 7.22. The van der Waals surface area contributed by atoms with Crippen LogP contribution in [0, 0.1) is 0 Å². The van der Waals surface area contributed by atoms with Crippen molar-refractivity contribution in [3.8, 4) is 5.75 Å². The van der Waals surface area contributed by atoms with Gasteiger partial charge in [0.15, 0.2) is 0 Å². The van der Waals surface area contributed by atoms with Gasteiger partial charge in [-0.1, -0.05) is 11.6 Å². The van der Waals surface area contributed by atoms with Crippen LogP contribution in [-0.4, -0.2) is 35.1 Å². The van der Waals surface area contributed by atoms with Gasteiger partial charge in [0, 0.05) is 40.7 Å². The van der Waals surface area contributed by atoms with Crippen LogP contribution < -0.4 is 4.74 Å². The van der Waals surface area contributed by atoms with E-state index in [-0.39, 0.29) is 6.42 Å². The highest BCUT2D eigenvalue weighted by Gasteiger charge is 2.26. The highest BCUT2D eigenvalue weighted by atomic mass is 32.1. The van der Waals surface area contributed by atoms with E-state index in [0.717, 1.165) is 42.8 Å². The second-order valence-corrected chi connectivity index (χ2v) is 8.49. The number of aliphatic carboxylic acids is 1. The second kappa shape index (κ2) is 7.49. The van der Waals surface area contributed by atoms with E-state index in [1.165, 1.54) is 21.6 Å². The number of hydrogen-bond donors (Lipinski definition) is 1. The van der Waals surface area contributed by atoms with E-state index in [9.17, 15) is 9.90 Å². The molecule has 0 amide bonds. The topological polar surface area (TPSA) is 49.8 Å². The van der Waals surface area contributed by atoms with Gasteiger partial charge in [-0.25, -0.2) is 0 Å². The summed E-state index contributed by atoms with van der Waals surface area (Å²) in [5, 5.41) is 11.3. The fourth-order valence-electron chi connectivity index (χ4n) is 4.04. The van der Waals surface area contributed by atoms with Crippen LogP contribution in [0.4, 0.5) is 0 Å². The zero-order valence-electron chi connectivity index (χ0n) is 15.8. The van der Waals surface area contributed by atoms with Crippen LogP contribution >= 0.6 is 11.3 Å². The first-order chi connectivity index (χ1) is 13.0. The number of hydrogen-bond acceptors (Lipinski definition) is 4. The van der Waals surface area contributed by atoms with Crippen molar-refractivity contribution in [1.82, 2.24) is 4.90 Å². The maximum Gasteiger partial charge on any atom is 0.307 e.